The summed E-state index contributed by atoms with van der Waals surface area (Å²) in [6.45, 7) is 31.3. The summed E-state index contributed by atoms with van der Waals surface area (Å²) >= 11 is 0. The van der Waals surface area contributed by atoms with Gasteiger partial charge in [0.2, 0.25) is 11.8 Å². The first-order chi connectivity index (χ1) is 40.5. The lowest BCUT2D eigenvalue weighted by molar-refractivity contribution is -0.160. The molecule has 2 aromatic heterocycles. The summed E-state index contributed by atoms with van der Waals surface area (Å²) in [6, 6.07) is -0.161. The molecule has 0 aliphatic carbocycles. The number of halogens is 1. The molecule has 0 bridgehead atoms. The van der Waals surface area contributed by atoms with Crippen LogP contribution in [0.25, 0.3) is 0 Å². The number of hydrogen-bond donors (Lipinski definition) is 6. The smallest absolute Gasteiger partial charge is 0.329 e. The average Bonchev–Trinajstić information content (AvgIpc) is 2.90. The second kappa shape index (κ2) is 35.0. The molecule has 0 aromatic carbocycles. The zero-order valence-electron chi connectivity index (χ0n) is 56.5. The van der Waals surface area contributed by atoms with Crippen LogP contribution in [-0.4, -0.2) is 162 Å². The molecule has 6 N–H and O–H groups in total. The van der Waals surface area contributed by atoms with Crippen LogP contribution in [0.15, 0.2) is 36.7 Å². The third kappa shape index (κ3) is 37.8. The Bertz CT molecular complexity index is 2660. The van der Waals surface area contributed by atoms with Gasteiger partial charge < -0.3 is 60.3 Å². The summed E-state index contributed by atoms with van der Waals surface area (Å²) in [6.07, 6.45) is 4.47. The largest absolute Gasteiger partial charge is 0.460 e. The van der Waals surface area contributed by atoms with E-state index >= 15 is 0 Å². The molecule has 502 valence electrons. The van der Waals surface area contributed by atoms with Crippen molar-refractivity contribution in [3.05, 3.63) is 53.7 Å². The molecule has 0 aliphatic rings. The van der Waals surface area contributed by atoms with Crippen molar-refractivity contribution in [1.82, 2.24) is 46.4 Å². The SMILES string of the molecule is CC(C)(C)OC(=O)CC[C@H](NC(=O)N[C@@H](CCCCNC(=O)c1ccc([18F])nc1)C(=O)OC(C)(C)C)C(=O)OC(C)(C)C.CC(C)(C)OC(=O)CC[C@H](NC(=O)N[C@@H](CCCCNC(=O)c1ccc([N+](C)(C)C)nc1)C(=O)OC(C)(C)C)C(=O)OC(C)(C)C. The van der Waals surface area contributed by atoms with Crippen molar-refractivity contribution in [3.63, 3.8) is 0 Å². The van der Waals surface area contributed by atoms with Crippen LogP contribution >= 0.6 is 0 Å². The summed E-state index contributed by atoms with van der Waals surface area (Å²) in [5, 5.41) is 15.8. The van der Waals surface area contributed by atoms with Crippen LogP contribution in [0.3, 0.4) is 0 Å². The van der Waals surface area contributed by atoms with E-state index in [1.807, 2.05) is 27.2 Å². The number of urea groups is 2. The van der Waals surface area contributed by atoms with Gasteiger partial charge in [0.15, 0.2) is 0 Å². The molecule has 0 spiro atoms. The van der Waals surface area contributed by atoms with Gasteiger partial charge in [-0.05, 0) is 194 Å². The van der Waals surface area contributed by atoms with E-state index in [9.17, 15) is 52.3 Å². The zero-order valence-corrected chi connectivity index (χ0v) is 56.5. The Labute approximate surface area is 525 Å². The average molecular weight is 1260 g/mol. The van der Waals surface area contributed by atoms with E-state index in [-0.39, 0.29) is 56.5 Å². The van der Waals surface area contributed by atoms with Gasteiger partial charge in [0.25, 0.3) is 11.8 Å². The molecule has 0 radical (unpaired) electrons. The predicted molar refractivity (Wildman–Crippen MR) is 332 cm³/mol. The highest BCUT2D eigenvalue weighted by atomic mass is 18.2. The van der Waals surface area contributed by atoms with Crippen molar-refractivity contribution in [2.75, 3.05) is 34.2 Å². The molecule has 0 unspecified atom stereocenters. The van der Waals surface area contributed by atoms with Crippen molar-refractivity contribution in [3.8, 4) is 0 Å². The molecular weight excluding hydrogens is 1160 g/mol. The zero-order chi connectivity index (χ0) is 68.5. The Morgan fingerprint density at radius 2 is 0.708 bits per heavy atom. The maximum atomic E-state index is 13.1. The normalized spacial score (nSPS) is 13.4. The molecule has 2 heterocycles. The molecule has 26 heteroatoms. The molecule has 0 saturated heterocycles. The Kier molecular flexibility index (Phi) is 31.3. The number of rotatable bonds is 27. The fourth-order valence-electron chi connectivity index (χ4n) is 7.50. The lowest BCUT2D eigenvalue weighted by Gasteiger charge is -2.27. The van der Waals surface area contributed by atoms with Gasteiger partial charge in [0.05, 0.1) is 32.3 Å². The van der Waals surface area contributed by atoms with E-state index in [1.54, 1.807) is 131 Å². The Hall–Kier alpha value is -7.51. The Balaban J connectivity index is 0.000000892. The van der Waals surface area contributed by atoms with Crippen LogP contribution < -0.4 is 36.4 Å². The molecular formula is C63H103FN9O16+. The summed E-state index contributed by atoms with van der Waals surface area (Å²) in [5.41, 5.74) is -4.08. The van der Waals surface area contributed by atoms with Crippen LogP contribution in [0, 0.1) is 5.95 Å². The van der Waals surface area contributed by atoms with Crippen LogP contribution in [0.1, 0.15) is 210 Å². The molecule has 2 aromatic rings. The third-order valence-electron chi connectivity index (χ3n) is 11.2. The quantitative estimate of drug-likeness (QED) is 0.0162. The minimum absolute atomic E-state index is 0.0678. The number of quaternary nitrogens is 1. The summed E-state index contributed by atoms with van der Waals surface area (Å²) in [7, 11) is 5.95. The van der Waals surface area contributed by atoms with Gasteiger partial charge >= 0.3 is 47.9 Å². The second-order valence-corrected chi connectivity index (χ2v) is 28.1. The number of nitrogens with zero attached hydrogens (tertiary/aromatic N) is 3. The lowest BCUT2D eigenvalue weighted by atomic mass is 10.1. The predicted octanol–water partition coefficient (Wildman–Crippen LogP) is 7.98. The van der Waals surface area contributed by atoms with Gasteiger partial charge in [-0.2, -0.15) is 4.39 Å². The molecule has 6 amide bonds. The molecule has 0 fully saturated rings. The van der Waals surface area contributed by atoms with E-state index < -0.39 is 118 Å². The van der Waals surface area contributed by atoms with Crippen molar-refractivity contribution < 1.29 is 80.8 Å². The van der Waals surface area contributed by atoms with E-state index in [4.69, 9.17) is 28.4 Å². The number of pyridine rings is 2. The Morgan fingerprint density at radius 1 is 0.416 bits per heavy atom. The molecule has 89 heavy (non-hydrogen) atoms. The number of nitrogens with one attached hydrogen (secondary N) is 6. The van der Waals surface area contributed by atoms with Gasteiger partial charge in [0, 0.05) is 44.4 Å². The van der Waals surface area contributed by atoms with Gasteiger partial charge in [-0.15, -0.1) is 0 Å². The number of ether oxygens (including phenoxy) is 6. The molecule has 25 nitrogen and oxygen atoms in total. The van der Waals surface area contributed by atoms with Crippen molar-refractivity contribution >= 4 is 65.5 Å². The summed E-state index contributed by atoms with van der Waals surface area (Å²) in [4.78, 5) is 135. The number of unbranched alkanes of at least 4 members (excludes halogenated alkanes) is 2. The monoisotopic (exact) mass is 1260 g/mol. The highest BCUT2D eigenvalue weighted by Gasteiger charge is 2.34. The first-order valence-corrected chi connectivity index (χ1v) is 30.0. The minimum Gasteiger partial charge on any atom is -0.460 e. The minimum atomic E-state index is -1.19. The van der Waals surface area contributed by atoms with Crippen molar-refractivity contribution in [1.29, 1.82) is 0 Å². The molecule has 0 saturated carbocycles. The molecule has 2 rings (SSSR count). The van der Waals surface area contributed by atoms with E-state index in [1.165, 1.54) is 12.3 Å². The van der Waals surface area contributed by atoms with Gasteiger partial charge in [-0.3, -0.25) is 23.7 Å². The van der Waals surface area contributed by atoms with Crippen LogP contribution in [0.4, 0.5) is 19.8 Å². The summed E-state index contributed by atoms with van der Waals surface area (Å²) < 4.78 is 46.0. The number of amides is 6. The fraction of sp³-hybridized carbons (Fsp3) is 0.683. The van der Waals surface area contributed by atoms with Gasteiger partial charge in [-0.1, -0.05) is 0 Å². The van der Waals surface area contributed by atoms with Crippen LogP contribution in [-0.2, 0) is 57.2 Å². The second-order valence-electron chi connectivity index (χ2n) is 28.1. The van der Waals surface area contributed by atoms with E-state index in [2.05, 4.69) is 41.9 Å². The van der Waals surface area contributed by atoms with Crippen LogP contribution in [0.2, 0.25) is 0 Å². The van der Waals surface area contributed by atoms with Crippen molar-refractivity contribution in [2.24, 2.45) is 0 Å². The molecule has 0 aliphatic heterocycles. The van der Waals surface area contributed by atoms with E-state index in [0.717, 1.165) is 18.1 Å². The topological polar surface area (TPSA) is 324 Å². The third-order valence-corrected chi connectivity index (χ3v) is 11.2. The number of carbonyl (C=O) groups excluding carboxylic acids is 10. The fourth-order valence-corrected chi connectivity index (χ4v) is 7.50. The van der Waals surface area contributed by atoms with Gasteiger partial charge in [0.1, 0.15) is 57.8 Å². The van der Waals surface area contributed by atoms with Crippen LogP contribution in [0.5, 0.6) is 0 Å². The first-order valence-electron chi connectivity index (χ1n) is 30.0. The maximum Gasteiger partial charge on any atom is 0.329 e. The van der Waals surface area contributed by atoms with Gasteiger partial charge in [-0.25, -0.2) is 38.7 Å². The number of esters is 6. The van der Waals surface area contributed by atoms with Crippen molar-refractivity contribution in [2.45, 2.75) is 247 Å². The first kappa shape index (κ1) is 79.5. The highest BCUT2D eigenvalue weighted by Crippen LogP contribution is 2.19. The maximum absolute atomic E-state index is 13.1. The highest BCUT2D eigenvalue weighted by molar-refractivity contribution is 5.94. The molecule has 4 atom stereocenters. The number of aromatic nitrogens is 2. The lowest BCUT2D eigenvalue weighted by Crippen LogP contribution is -2.53. The standard InChI is InChI=1S/C33H55N5O8.C30H47FN4O8/c1-31(2,3)44-26(39)19-17-24(29(42)46-33(7,8)9)37-30(43)36-23(28(41)45-32(4,5)6)15-13-14-20-34-27(40)22-16-18-25(35-21-22)38(10,11)12;1-28(2,3)41-23(36)16-14-21(26(39)43-30(7,8)9)35-27(40)34-20(25(38)42-29(4,5)6)12-10-11-17-32-24(37)19-13-15-22(31)33-18-19/h16,18,21,23-24H,13-15,17,19-20H2,1-12H3,(H2-,34,36,37,40,43);13,15,18,20-21H,10-12,14,16-17H2,1-9H3,(H,32,37)(H2,34,35,40)/p+1/t23-,24-;20-,21-/m00/s1/i;31-1. The number of hydrogen-bond acceptors (Lipinski definition) is 18. The van der Waals surface area contributed by atoms with E-state index in [0.29, 0.717) is 42.3 Å². The number of carbonyl (C=O) groups is 10. The summed E-state index contributed by atoms with van der Waals surface area (Å²) in [5.74, 6) is -4.41. The Morgan fingerprint density at radius 3 is 0.966 bits per heavy atom.